The molecule has 0 aliphatic rings. The summed E-state index contributed by atoms with van der Waals surface area (Å²) in [5.41, 5.74) is 3.18. The maximum atomic E-state index is 10.9. The molecule has 0 saturated carbocycles. The fourth-order valence-electron chi connectivity index (χ4n) is 1.50. The van der Waals surface area contributed by atoms with E-state index < -0.39 is 0 Å². The molecule has 1 N–H and O–H groups in total. The molecule has 0 atom stereocenters. The van der Waals surface area contributed by atoms with Crippen LogP contribution in [0.4, 0.5) is 11.4 Å². The van der Waals surface area contributed by atoms with E-state index in [0.29, 0.717) is 16.4 Å². The molecule has 0 unspecified atom stereocenters. The molecule has 4 heteroatoms. The van der Waals surface area contributed by atoms with Gasteiger partial charge >= 0.3 is 0 Å². The lowest BCUT2D eigenvalue weighted by atomic mass is 10.2. The zero-order valence-corrected chi connectivity index (χ0v) is 10.0. The zero-order chi connectivity index (χ0) is 12.3. The number of nitrogens with one attached hydrogen (secondary N) is 1. The van der Waals surface area contributed by atoms with E-state index in [1.165, 1.54) is 6.20 Å². The molecule has 0 aliphatic carbocycles. The first-order valence-electron chi connectivity index (χ1n) is 5.14. The van der Waals surface area contributed by atoms with Crippen LogP contribution in [0, 0.1) is 6.92 Å². The Hall–Kier alpha value is -1.87. The third-order valence-corrected chi connectivity index (χ3v) is 2.65. The van der Waals surface area contributed by atoms with E-state index in [1.54, 1.807) is 6.07 Å². The predicted molar refractivity (Wildman–Crippen MR) is 69.1 cm³/mol. The molecule has 0 saturated heterocycles. The standard InChI is InChI=1S/C13H11ClN2O/c1-9-4-2-3-5-11(9)16-12-6-13(14)15-7-10(12)8-17/h2-8H,1H3,(H,15,16). The smallest absolute Gasteiger partial charge is 0.153 e. The number of aromatic nitrogens is 1. The Morgan fingerprint density at radius 3 is 2.76 bits per heavy atom. The number of pyridine rings is 1. The molecule has 2 aromatic rings. The quantitative estimate of drug-likeness (QED) is 0.665. The number of benzene rings is 1. The number of hydrogen-bond acceptors (Lipinski definition) is 3. The van der Waals surface area contributed by atoms with E-state index in [0.717, 1.165) is 17.5 Å². The van der Waals surface area contributed by atoms with E-state index >= 15 is 0 Å². The number of hydrogen-bond donors (Lipinski definition) is 1. The van der Waals surface area contributed by atoms with E-state index in [4.69, 9.17) is 11.6 Å². The van der Waals surface area contributed by atoms with Gasteiger partial charge in [-0.05, 0) is 24.6 Å². The summed E-state index contributed by atoms with van der Waals surface area (Å²) in [4.78, 5) is 14.8. The van der Waals surface area contributed by atoms with Gasteiger partial charge in [0.1, 0.15) is 5.15 Å². The summed E-state index contributed by atoms with van der Waals surface area (Å²) in [5, 5.41) is 3.53. The van der Waals surface area contributed by atoms with Crippen molar-refractivity contribution in [3.05, 3.63) is 52.8 Å². The summed E-state index contributed by atoms with van der Waals surface area (Å²) in [6.07, 6.45) is 2.21. The van der Waals surface area contributed by atoms with Crippen molar-refractivity contribution in [2.24, 2.45) is 0 Å². The summed E-state index contributed by atoms with van der Waals surface area (Å²) in [6, 6.07) is 9.46. The second-order valence-electron chi connectivity index (χ2n) is 3.65. The maximum Gasteiger partial charge on any atom is 0.153 e. The molecule has 17 heavy (non-hydrogen) atoms. The highest BCUT2D eigenvalue weighted by atomic mass is 35.5. The van der Waals surface area contributed by atoms with E-state index in [1.807, 2.05) is 31.2 Å². The highest BCUT2D eigenvalue weighted by Gasteiger charge is 2.05. The Labute approximate surface area is 104 Å². The van der Waals surface area contributed by atoms with Crippen molar-refractivity contribution in [3.8, 4) is 0 Å². The van der Waals surface area contributed by atoms with Crippen molar-refractivity contribution in [2.75, 3.05) is 5.32 Å². The van der Waals surface area contributed by atoms with Gasteiger partial charge in [-0.2, -0.15) is 0 Å². The van der Waals surface area contributed by atoms with Crippen molar-refractivity contribution in [3.63, 3.8) is 0 Å². The van der Waals surface area contributed by atoms with Gasteiger partial charge in [-0.3, -0.25) is 4.79 Å². The average molecular weight is 247 g/mol. The summed E-state index contributed by atoms with van der Waals surface area (Å²) >= 11 is 5.81. The van der Waals surface area contributed by atoms with Gasteiger partial charge < -0.3 is 5.32 Å². The van der Waals surface area contributed by atoms with Gasteiger partial charge in [0.25, 0.3) is 0 Å². The molecule has 1 aromatic heterocycles. The summed E-state index contributed by atoms with van der Waals surface area (Å²) in [7, 11) is 0. The number of halogens is 1. The van der Waals surface area contributed by atoms with Crippen molar-refractivity contribution < 1.29 is 4.79 Å². The second kappa shape index (κ2) is 4.97. The highest BCUT2D eigenvalue weighted by Crippen LogP contribution is 2.24. The van der Waals surface area contributed by atoms with Crippen LogP contribution in [0.1, 0.15) is 15.9 Å². The predicted octanol–water partition coefficient (Wildman–Crippen LogP) is 3.60. The minimum atomic E-state index is 0.353. The van der Waals surface area contributed by atoms with Crippen molar-refractivity contribution >= 4 is 29.3 Å². The number of anilines is 2. The van der Waals surface area contributed by atoms with Crippen LogP contribution in [-0.2, 0) is 0 Å². The molecule has 0 fully saturated rings. The Balaban J connectivity index is 2.39. The van der Waals surface area contributed by atoms with E-state index in [9.17, 15) is 4.79 Å². The van der Waals surface area contributed by atoms with Crippen LogP contribution in [0.3, 0.4) is 0 Å². The molecule has 0 aliphatic heterocycles. The third kappa shape index (κ3) is 2.63. The van der Waals surface area contributed by atoms with Crippen molar-refractivity contribution in [2.45, 2.75) is 6.92 Å². The normalized spacial score (nSPS) is 10.0. The van der Waals surface area contributed by atoms with Gasteiger partial charge in [0.2, 0.25) is 0 Å². The number of rotatable bonds is 3. The maximum absolute atomic E-state index is 10.9. The van der Waals surface area contributed by atoms with Crippen LogP contribution >= 0.6 is 11.6 Å². The Kier molecular flexibility index (Phi) is 3.40. The molecule has 0 spiro atoms. The average Bonchev–Trinajstić information content (AvgIpc) is 2.32. The molecule has 1 heterocycles. The second-order valence-corrected chi connectivity index (χ2v) is 4.04. The SMILES string of the molecule is Cc1ccccc1Nc1cc(Cl)ncc1C=O. The monoisotopic (exact) mass is 246 g/mol. The number of carbonyl (C=O) groups excluding carboxylic acids is 1. The van der Waals surface area contributed by atoms with Crippen LogP contribution in [-0.4, -0.2) is 11.3 Å². The van der Waals surface area contributed by atoms with Gasteiger partial charge in [0.05, 0.1) is 11.3 Å². The largest absolute Gasteiger partial charge is 0.355 e. The summed E-state index contributed by atoms with van der Waals surface area (Å²) < 4.78 is 0. The molecule has 0 bridgehead atoms. The van der Waals surface area contributed by atoms with Crippen LogP contribution in [0.5, 0.6) is 0 Å². The van der Waals surface area contributed by atoms with Gasteiger partial charge in [0, 0.05) is 11.9 Å². The molecular weight excluding hydrogens is 236 g/mol. The summed E-state index contributed by atoms with van der Waals surface area (Å²) in [5.74, 6) is 0. The number of nitrogens with zero attached hydrogens (tertiary/aromatic N) is 1. The Bertz CT molecular complexity index is 555. The van der Waals surface area contributed by atoms with Crippen LogP contribution in [0.15, 0.2) is 36.5 Å². The van der Waals surface area contributed by atoms with Gasteiger partial charge in [0.15, 0.2) is 6.29 Å². The fraction of sp³-hybridized carbons (Fsp3) is 0.0769. The van der Waals surface area contributed by atoms with E-state index in [2.05, 4.69) is 10.3 Å². The van der Waals surface area contributed by atoms with E-state index in [-0.39, 0.29) is 0 Å². The first-order valence-corrected chi connectivity index (χ1v) is 5.52. The number of carbonyl (C=O) groups is 1. The first kappa shape index (κ1) is 11.6. The fourth-order valence-corrected chi connectivity index (χ4v) is 1.66. The number of aryl methyl sites for hydroxylation is 1. The van der Waals surface area contributed by atoms with Crippen molar-refractivity contribution in [1.29, 1.82) is 0 Å². The molecule has 3 nitrogen and oxygen atoms in total. The lowest BCUT2D eigenvalue weighted by Gasteiger charge is -2.11. The Morgan fingerprint density at radius 1 is 1.29 bits per heavy atom. The van der Waals surface area contributed by atoms with Gasteiger partial charge in [-0.1, -0.05) is 29.8 Å². The topological polar surface area (TPSA) is 42.0 Å². The first-order chi connectivity index (χ1) is 8.20. The number of para-hydroxylation sites is 1. The Morgan fingerprint density at radius 2 is 2.06 bits per heavy atom. The van der Waals surface area contributed by atoms with Crippen LogP contribution < -0.4 is 5.32 Å². The van der Waals surface area contributed by atoms with Crippen molar-refractivity contribution in [1.82, 2.24) is 4.98 Å². The molecule has 1 aromatic carbocycles. The molecule has 0 radical (unpaired) electrons. The minimum absolute atomic E-state index is 0.353. The molecule has 2 rings (SSSR count). The zero-order valence-electron chi connectivity index (χ0n) is 9.27. The lowest BCUT2D eigenvalue weighted by Crippen LogP contribution is -1.98. The van der Waals surface area contributed by atoms with Crippen LogP contribution in [0.2, 0.25) is 5.15 Å². The number of aldehydes is 1. The van der Waals surface area contributed by atoms with Gasteiger partial charge in [-0.25, -0.2) is 4.98 Å². The van der Waals surface area contributed by atoms with Gasteiger partial charge in [-0.15, -0.1) is 0 Å². The third-order valence-electron chi connectivity index (χ3n) is 2.44. The molecular formula is C13H11ClN2O. The van der Waals surface area contributed by atoms with Crippen LogP contribution in [0.25, 0.3) is 0 Å². The minimum Gasteiger partial charge on any atom is -0.355 e. The molecule has 86 valence electrons. The lowest BCUT2D eigenvalue weighted by molar-refractivity contribution is 0.112. The molecule has 0 amide bonds. The summed E-state index contributed by atoms with van der Waals surface area (Å²) in [6.45, 7) is 1.99. The highest BCUT2D eigenvalue weighted by molar-refractivity contribution is 6.29.